The summed E-state index contributed by atoms with van der Waals surface area (Å²) in [5, 5.41) is 3.54. The highest BCUT2D eigenvalue weighted by molar-refractivity contribution is 5.29. The van der Waals surface area contributed by atoms with Gasteiger partial charge in [-0.25, -0.2) is 0 Å². The van der Waals surface area contributed by atoms with Gasteiger partial charge in [0.25, 0.3) is 0 Å². The fraction of sp³-hybridized carbons (Fsp3) is 0.571. The maximum absolute atomic E-state index is 5.16. The van der Waals surface area contributed by atoms with Crippen LogP contribution in [0.25, 0.3) is 0 Å². The molecule has 16 heavy (non-hydrogen) atoms. The largest absolute Gasteiger partial charge is 0.497 e. The number of rotatable bonds is 5. The lowest BCUT2D eigenvalue weighted by Crippen LogP contribution is -2.36. The molecule has 2 heteroatoms. The maximum atomic E-state index is 5.16. The van der Waals surface area contributed by atoms with Gasteiger partial charge in [-0.2, -0.15) is 0 Å². The lowest BCUT2D eigenvalue weighted by molar-refractivity contribution is 0.413. The molecular formula is C14H23NO. The zero-order chi connectivity index (χ0) is 12.1. The van der Waals surface area contributed by atoms with Crippen molar-refractivity contribution in [2.45, 2.75) is 45.7 Å². The molecule has 0 amide bonds. The van der Waals surface area contributed by atoms with Gasteiger partial charge in [-0.1, -0.05) is 32.9 Å². The lowest BCUT2D eigenvalue weighted by Gasteiger charge is -2.24. The third-order valence-electron chi connectivity index (χ3n) is 2.99. The van der Waals surface area contributed by atoms with E-state index in [0.29, 0.717) is 18.0 Å². The van der Waals surface area contributed by atoms with E-state index in [9.17, 15) is 0 Å². The van der Waals surface area contributed by atoms with Gasteiger partial charge in [-0.05, 0) is 30.5 Å². The molecule has 1 N–H and O–H groups in total. The molecule has 2 nitrogen and oxygen atoms in total. The smallest absolute Gasteiger partial charge is 0.118 e. The Bertz CT molecular complexity index is 305. The van der Waals surface area contributed by atoms with Gasteiger partial charge in [0, 0.05) is 12.1 Å². The summed E-state index contributed by atoms with van der Waals surface area (Å²) < 4.78 is 5.16. The monoisotopic (exact) mass is 221 g/mol. The van der Waals surface area contributed by atoms with Crippen LogP contribution in [0.15, 0.2) is 24.3 Å². The van der Waals surface area contributed by atoms with Crippen molar-refractivity contribution in [1.82, 2.24) is 5.32 Å². The van der Waals surface area contributed by atoms with Crippen molar-refractivity contribution in [2.75, 3.05) is 7.11 Å². The number of hydrogen-bond donors (Lipinski definition) is 1. The molecule has 0 fully saturated rings. The zero-order valence-corrected chi connectivity index (χ0v) is 10.9. The number of methoxy groups -OCH3 is 1. The van der Waals surface area contributed by atoms with Crippen molar-refractivity contribution in [1.29, 1.82) is 0 Å². The Hall–Kier alpha value is -1.02. The van der Waals surface area contributed by atoms with Crippen LogP contribution >= 0.6 is 0 Å². The van der Waals surface area contributed by atoms with Crippen molar-refractivity contribution in [2.24, 2.45) is 0 Å². The van der Waals surface area contributed by atoms with E-state index >= 15 is 0 Å². The van der Waals surface area contributed by atoms with E-state index in [1.165, 1.54) is 5.56 Å². The molecule has 0 aliphatic carbocycles. The van der Waals surface area contributed by atoms with Crippen LogP contribution in [0.2, 0.25) is 0 Å². The summed E-state index contributed by atoms with van der Waals surface area (Å²) in [6.45, 7) is 8.84. The van der Waals surface area contributed by atoms with Crippen LogP contribution in [0.5, 0.6) is 5.75 Å². The molecule has 2 unspecified atom stereocenters. The average Bonchev–Trinajstić information content (AvgIpc) is 2.27. The van der Waals surface area contributed by atoms with Crippen LogP contribution in [0.1, 0.15) is 39.2 Å². The van der Waals surface area contributed by atoms with E-state index < -0.39 is 0 Å². The predicted octanol–water partition coefficient (Wildman–Crippen LogP) is 3.19. The van der Waals surface area contributed by atoms with Gasteiger partial charge in [0.2, 0.25) is 0 Å². The van der Waals surface area contributed by atoms with Crippen molar-refractivity contribution in [3.05, 3.63) is 29.8 Å². The van der Waals surface area contributed by atoms with E-state index in [1.54, 1.807) is 7.11 Å². The number of benzene rings is 1. The standard InChI is InChI=1S/C14H23NO/c1-10(2)15-12(4)11(3)13-6-8-14(16-5)9-7-13/h6-12,15H,1-5H3. The summed E-state index contributed by atoms with van der Waals surface area (Å²) in [6.07, 6.45) is 0. The van der Waals surface area contributed by atoms with Crippen molar-refractivity contribution < 1.29 is 4.74 Å². The minimum Gasteiger partial charge on any atom is -0.497 e. The highest BCUT2D eigenvalue weighted by Gasteiger charge is 2.14. The minimum absolute atomic E-state index is 0.480. The molecule has 1 aromatic carbocycles. The first-order valence-corrected chi connectivity index (χ1v) is 5.94. The average molecular weight is 221 g/mol. The van der Waals surface area contributed by atoms with Gasteiger partial charge < -0.3 is 10.1 Å². The maximum Gasteiger partial charge on any atom is 0.118 e. The summed E-state index contributed by atoms with van der Waals surface area (Å²) in [7, 11) is 1.70. The van der Waals surface area contributed by atoms with Crippen LogP contribution in [-0.4, -0.2) is 19.2 Å². The molecule has 0 saturated carbocycles. The Morgan fingerprint density at radius 3 is 2.00 bits per heavy atom. The number of ether oxygens (including phenoxy) is 1. The van der Waals surface area contributed by atoms with Gasteiger partial charge in [-0.3, -0.25) is 0 Å². The summed E-state index contributed by atoms with van der Waals surface area (Å²) >= 11 is 0. The Balaban J connectivity index is 2.67. The van der Waals surface area contributed by atoms with Gasteiger partial charge in [0.15, 0.2) is 0 Å². The molecule has 1 aromatic rings. The minimum atomic E-state index is 0.480. The first-order valence-electron chi connectivity index (χ1n) is 5.94. The van der Waals surface area contributed by atoms with Crippen LogP contribution < -0.4 is 10.1 Å². The third-order valence-corrected chi connectivity index (χ3v) is 2.99. The fourth-order valence-corrected chi connectivity index (χ4v) is 1.87. The molecule has 0 radical (unpaired) electrons. The van der Waals surface area contributed by atoms with Crippen molar-refractivity contribution in [3.8, 4) is 5.75 Å². The molecule has 0 aliphatic rings. The molecule has 2 atom stereocenters. The Kier molecular flexibility index (Phi) is 4.81. The van der Waals surface area contributed by atoms with Gasteiger partial charge in [-0.15, -0.1) is 0 Å². The summed E-state index contributed by atoms with van der Waals surface area (Å²) in [4.78, 5) is 0. The topological polar surface area (TPSA) is 21.3 Å². The van der Waals surface area contributed by atoms with Crippen molar-refractivity contribution >= 4 is 0 Å². The SMILES string of the molecule is COc1ccc(C(C)C(C)NC(C)C)cc1. The van der Waals surface area contributed by atoms with E-state index in [4.69, 9.17) is 4.74 Å². The van der Waals surface area contributed by atoms with Gasteiger partial charge in [0.1, 0.15) is 5.75 Å². The Labute approximate surface area is 99.0 Å². The molecule has 0 aromatic heterocycles. The Morgan fingerprint density at radius 1 is 1.00 bits per heavy atom. The molecular weight excluding hydrogens is 198 g/mol. The molecule has 0 heterocycles. The fourth-order valence-electron chi connectivity index (χ4n) is 1.87. The zero-order valence-electron chi connectivity index (χ0n) is 10.9. The summed E-state index contributed by atoms with van der Waals surface area (Å²) in [6, 6.07) is 9.33. The second kappa shape index (κ2) is 5.90. The van der Waals surface area contributed by atoms with E-state index in [0.717, 1.165) is 5.75 Å². The van der Waals surface area contributed by atoms with Gasteiger partial charge >= 0.3 is 0 Å². The molecule has 0 saturated heterocycles. The summed E-state index contributed by atoms with van der Waals surface area (Å²) in [5.74, 6) is 1.42. The lowest BCUT2D eigenvalue weighted by atomic mass is 9.94. The molecule has 90 valence electrons. The third kappa shape index (κ3) is 3.53. The van der Waals surface area contributed by atoms with Gasteiger partial charge in [0.05, 0.1) is 7.11 Å². The number of nitrogens with one attached hydrogen (secondary N) is 1. The molecule has 0 aliphatic heterocycles. The van der Waals surface area contributed by atoms with E-state index in [-0.39, 0.29) is 0 Å². The second-order valence-corrected chi connectivity index (χ2v) is 4.67. The molecule has 0 spiro atoms. The highest BCUT2D eigenvalue weighted by Crippen LogP contribution is 2.22. The molecule has 1 rings (SSSR count). The Morgan fingerprint density at radius 2 is 1.56 bits per heavy atom. The first-order chi connectivity index (χ1) is 7.54. The van der Waals surface area contributed by atoms with Crippen LogP contribution in [0.3, 0.4) is 0 Å². The second-order valence-electron chi connectivity index (χ2n) is 4.67. The van der Waals surface area contributed by atoms with Crippen LogP contribution in [-0.2, 0) is 0 Å². The van der Waals surface area contributed by atoms with Crippen LogP contribution in [0, 0.1) is 0 Å². The predicted molar refractivity (Wildman–Crippen MR) is 69.1 cm³/mol. The van der Waals surface area contributed by atoms with Crippen molar-refractivity contribution in [3.63, 3.8) is 0 Å². The van der Waals surface area contributed by atoms with E-state index in [1.807, 2.05) is 12.1 Å². The highest BCUT2D eigenvalue weighted by atomic mass is 16.5. The van der Waals surface area contributed by atoms with E-state index in [2.05, 4.69) is 45.1 Å². The normalized spacial score (nSPS) is 14.9. The molecule has 0 bridgehead atoms. The van der Waals surface area contributed by atoms with Crippen LogP contribution in [0.4, 0.5) is 0 Å². The summed E-state index contributed by atoms with van der Waals surface area (Å²) in [5.41, 5.74) is 1.35. The quantitative estimate of drug-likeness (QED) is 0.824. The number of hydrogen-bond acceptors (Lipinski definition) is 2. The first kappa shape index (κ1) is 13.0.